The molecule has 5 heteroatoms. The lowest BCUT2D eigenvalue weighted by molar-refractivity contribution is 0.395. The second kappa shape index (κ2) is 6.03. The van der Waals surface area contributed by atoms with Crippen LogP contribution in [0.2, 0.25) is 5.02 Å². The van der Waals surface area contributed by atoms with Gasteiger partial charge in [0.1, 0.15) is 4.90 Å². The highest BCUT2D eigenvalue weighted by molar-refractivity contribution is 7.89. The first-order valence-electron chi connectivity index (χ1n) is 7.34. The third-order valence-corrected chi connectivity index (χ3v) is 6.58. The molecule has 3 rings (SSSR count). The molecule has 0 amide bonds. The van der Waals surface area contributed by atoms with Gasteiger partial charge < -0.3 is 0 Å². The van der Waals surface area contributed by atoms with E-state index in [0.29, 0.717) is 6.54 Å². The molecule has 2 aromatic rings. The first-order chi connectivity index (χ1) is 10.5. The zero-order valence-electron chi connectivity index (χ0n) is 12.4. The van der Waals surface area contributed by atoms with Gasteiger partial charge in [0.25, 0.3) is 0 Å². The SMILES string of the molecule is Cc1ccccc1[C@@H]1CCCN1S(=O)(=O)c1ccccc1Cl. The summed E-state index contributed by atoms with van der Waals surface area (Å²) in [7, 11) is -3.58. The molecule has 2 aromatic carbocycles. The molecule has 1 aliphatic rings. The average molecular weight is 336 g/mol. The number of hydrogen-bond donors (Lipinski definition) is 0. The van der Waals surface area contributed by atoms with Crippen LogP contribution in [-0.4, -0.2) is 19.3 Å². The predicted octanol–water partition coefficient (Wildman–Crippen LogP) is 4.17. The number of halogens is 1. The van der Waals surface area contributed by atoms with E-state index in [9.17, 15) is 8.42 Å². The molecule has 0 saturated carbocycles. The maximum Gasteiger partial charge on any atom is 0.245 e. The van der Waals surface area contributed by atoms with Gasteiger partial charge in [0, 0.05) is 6.54 Å². The van der Waals surface area contributed by atoms with E-state index in [0.717, 1.165) is 24.0 Å². The van der Waals surface area contributed by atoms with Gasteiger partial charge in [-0.15, -0.1) is 0 Å². The molecule has 1 fully saturated rings. The third kappa shape index (κ3) is 2.67. The molecule has 0 radical (unpaired) electrons. The smallest absolute Gasteiger partial charge is 0.207 e. The van der Waals surface area contributed by atoms with Gasteiger partial charge in [0.05, 0.1) is 11.1 Å². The van der Waals surface area contributed by atoms with Gasteiger partial charge in [0.15, 0.2) is 0 Å². The summed E-state index contributed by atoms with van der Waals surface area (Å²) in [5.74, 6) is 0. The maximum absolute atomic E-state index is 13.0. The minimum atomic E-state index is -3.58. The van der Waals surface area contributed by atoms with Crippen LogP contribution in [0.3, 0.4) is 0 Å². The lowest BCUT2D eigenvalue weighted by atomic mass is 10.0. The van der Waals surface area contributed by atoms with Crippen LogP contribution in [0.1, 0.15) is 30.0 Å². The van der Waals surface area contributed by atoms with E-state index in [1.807, 2.05) is 31.2 Å². The minimum Gasteiger partial charge on any atom is -0.207 e. The Morgan fingerprint density at radius 1 is 1.09 bits per heavy atom. The van der Waals surface area contributed by atoms with Gasteiger partial charge in [-0.25, -0.2) is 8.42 Å². The van der Waals surface area contributed by atoms with Crippen LogP contribution in [-0.2, 0) is 10.0 Å². The van der Waals surface area contributed by atoms with Gasteiger partial charge in [-0.2, -0.15) is 4.31 Å². The van der Waals surface area contributed by atoms with Crippen molar-refractivity contribution < 1.29 is 8.42 Å². The monoisotopic (exact) mass is 335 g/mol. The number of nitrogens with zero attached hydrogens (tertiary/aromatic N) is 1. The van der Waals surface area contributed by atoms with Crippen LogP contribution >= 0.6 is 11.6 Å². The number of aryl methyl sites for hydroxylation is 1. The molecule has 116 valence electrons. The van der Waals surface area contributed by atoms with Crippen molar-refractivity contribution >= 4 is 21.6 Å². The maximum atomic E-state index is 13.0. The zero-order valence-corrected chi connectivity index (χ0v) is 13.9. The highest BCUT2D eigenvalue weighted by Crippen LogP contribution is 2.38. The van der Waals surface area contributed by atoms with E-state index in [-0.39, 0.29) is 16.0 Å². The summed E-state index contributed by atoms with van der Waals surface area (Å²) in [6, 6.07) is 14.5. The van der Waals surface area contributed by atoms with Crippen LogP contribution in [0.4, 0.5) is 0 Å². The highest BCUT2D eigenvalue weighted by atomic mass is 35.5. The molecular weight excluding hydrogens is 318 g/mol. The summed E-state index contributed by atoms with van der Waals surface area (Å²) in [5.41, 5.74) is 2.20. The summed E-state index contributed by atoms with van der Waals surface area (Å²) in [6.07, 6.45) is 1.71. The number of hydrogen-bond acceptors (Lipinski definition) is 2. The topological polar surface area (TPSA) is 37.4 Å². The van der Waals surface area contributed by atoms with E-state index >= 15 is 0 Å². The molecule has 1 aliphatic heterocycles. The van der Waals surface area contributed by atoms with Crippen molar-refractivity contribution in [3.63, 3.8) is 0 Å². The molecule has 3 nitrogen and oxygen atoms in total. The Morgan fingerprint density at radius 3 is 2.50 bits per heavy atom. The number of rotatable bonds is 3. The number of sulfonamides is 1. The summed E-state index contributed by atoms with van der Waals surface area (Å²) in [5, 5.41) is 0.276. The first kappa shape index (κ1) is 15.5. The fourth-order valence-electron chi connectivity index (χ4n) is 3.08. The van der Waals surface area contributed by atoms with E-state index in [2.05, 4.69) is 0 Å². The summed E-state index contributed by atoms with van der Waals surface area (Å²) >= 11 is 6.11. The molecule has 0 N–H and O–H groups in total. The Balaban J connectivity index is 2.04. The largest absolute Gasteiger partial charge is 0.245 e. The summed E-state index contributed by atoms with van der Waals surface area (Å²) in [4.78, 5) is 0.192. The number of benzene rings is 2. The van der Waals surface area contributed by atoms with Crippen molar-refractivity contribution in [3.8, 4) is 0 Å². The van der Waals surface area contributed by atoms with Crippen LogP contribution in [0.25, 0.3) is 0 Å². The molecule has 0 unspecified atom stereocenters. The van der Waals surface area contributed by atoms with Gasteiger partial charge >= 0.3 is 0 Å². The van der Waals surface area contributed by atoms with Gasteiger partial charge in [-0.05, 0) is 43.0 Å². The Kier molecular flexibility index (Phi) is 4.26. The van der Waals surface area contributed by atoms with Gasteiger partial charge in [0.2, 0.25) is 10.0 Å². The quantitative estimate of drug-likeness (QED) is 0.844. The Hall–Kier alpha value is -1.36. The van der Waals surface area contributed by atoms with Crippen molar-refractivity contribution in [2.24, 2.45) is 0 Å². The van der Waals surface area contributed by atoms with Crippen molar-refractivity contribution in [2.75, 3.05) is 6.54 Å². The highest BCUT2D eigenvalue weighted by Gasteiger charge is 2.37. The van der Waals surface area contributed by atoms with E-state index in [1.54, 1.807) is 28.6 Å². The fraction of sp³-hybridized carbons (Fsp3) is 0.294. The van der Waals surface area contributed by atoms with Crippen LogP contribution < -0.4 is 0 Å². The van der Waals surface area contributed by atoms with Crippen molar-refractivity contribution in [1.29, 1.82) is 0 Å². The van der Waals surface area contributed by atoms with E-state index < -0.39 is 10.0 Å². The molecule has 1 heterocycles. The van der Waals surface area contributed by atoms with Crippen molar-refractivity contribution in [3.05, 3.63) is 64.7 Å². The molecule has 0 bridgehead atoms. The lowest BCUT2D eigenvalue weighted by Gasteiger charge is -2.26. The Bertz CT molecular complexity index is 789. The molecule has 1 atom stereocenters. The first-order valence-corrected chi connectivity index (χ1v) is 9.15. The molecular formula is C17H18ClNO2S. The van der Waals surface area contributed by atoms with Gasteiger partial charge in [-0.3, -0.25) is 0 Å². The Morgan fingerprint density at radius 2 is 1.77 bits per heavy atom. The molecule has 0 spiro atoms. The molecule has 0 aromatic heterocycles. The normalized spacial score (nSPS) is 19.5. The average Bonchev–Trinajstić information content (AvgIpc) is 2.98. The lowest BCUT2D eigenvalue weighted by Crippen LogP contribution is -2.31. The van der Waals surface area contributed by atoms with E-state index in [1.165, 1.54) is 0 Å². The van der Waals surface area contributed by atoms with Gasteiger partial charge in [-0.1, -0.05) is 48.0 Å². The molecule has 22 heavy (non-hydrogen) atoms. The third-order valence-electron chi connectivity index (χ3n) is 4.17. The van der Waals surface area contributed by atoms with Crippen LogP contribution in [0.5, 0.6) is 0 Å². The minimum absolute atomic E-state index is 0.109. The van der Waals surface area contributed by atoms with Crippen molar-refractivity contribution in [2.45, 2.75) is 30.7 Å². The van der Waals surface area contributed by atoms with Crippen LogP contribution in [0, 0.1) is 6.92 Å². The summed E-state index contributed by atoms with van der Waals surface area (Å²) < 4.78 is 27.6. The fourth-order valence-corrected chi connectivity index (χ4v) is 5.25. The standard InChI is InChI=1S/C17H18ClNO2S/c1-13-7-2-3-8-14(13)16-10-6-12-19(16)22(20,21)17-11-5-4-9-15(17)18/h2-5,7-9,11,16H,6,10,12H2,1H3/t16-/m0/s1. The molecule has 1 saturated heterocycles. The van der Waals surface area contributed by atoms with E-state index in [4.69, 9.17) is 11.6 Å². The Labute approximate surface area is 136 Å². The summed E-state index contributed by atoms with van der Waals surface area (Å²) in [6.45, 7) is 2.56. The second-order valence-electron chi connectivity index (χ2n) is 5.56. The predicted molar refractivity (Wildman–Crippen MR) is 88.5 cm³/mol. The zero-order chi connectivity index (χ0) is 15.7. The second-order valence-corrected chi connectivity index (χ2v) is 7.83. The van der Waals surface area contributed by atoms with Crippen LogP contribution in [0.15, 0.2) is 53.4 Å². The molecule has 0 aliphatic carbocycles. The van der Waals surface area contributed by atoms with Crippen molar-refractivity contribution in [1.82, 2.24) is 4.31 Å².